The van der Waals surface area contributed by atoms with Crippen LogP contribution < -0.4 is 9.47 Å². The largest absolute Gasteiger partial charge is 0.497 e. The van der Waals surface area contributed by atoms with Gasteiger partial charge in [-0.15, -0.1) is 0 Å². The fraction of sp³-hybridized carbons (Fsp3) is 0.196. The maximum Gasteiger partial charge on any atom is 0.187 e. The van der Waals surface area contributed by atoms with Gasteiger partial charge in [0.2, 0.25) is 0 Å². The van der Waals surface area contributed by atoms with E-state index in [4.69, 9.17) is 16.0 Å². The van der Waals surface area contributed by atoms with E-state index < -0.39 is 5.60 Å². The second kappa shape index (κ2) is 11.4. The number of rotatable bonds is 5. The Morgan fingerprint density at radius 2 is 1.35 bits per heavy atom. The summed E-state index contributed by atoms with van der Waals surface area (Å²) < 4.78 is 13.4. The summed E-state index contributed by atoms with van der Waals surface area (Å²) in [5.41, 5.74) is 12.9. The van der Waals surface area contributed by atoms with Gasteiger partial charge in [-0.3, -0.25) is 0 Å². The second-order valence-corrected chi connectivity index (χ2v) is 15.7. The topological polar surface area (TPSA) is 22.8 Å². The van der Waals surface area contributed by atoms with Crippen molar-refractivity contribution in [3.63, 3.8) is 0 Å². The number of hydrogen-bond acceptors (Lipinski definition) is 2. The summed E-state index contributed by atoms with van der Waals surface area (Å²) in [5.74, 6) is 1.71. The molecule has 3 heteroatoms. The average molecular weight is 700 g/mol. The maximum absolute atomic E-state index is 7.86. The molecule has 0 bridgehead atoms. The highest BCUT2D eigenvalue weighted by atomic mass is 16.5. The fourth-order valence-electron chi connectivity index (χ4n) is 10.4. The molecule has 7 aromatic carbocycles. The number of nitrogens with zero attached hydrogens (tertiary/aromatic N) is 1. The molecule has 7 aromatic rings. The van der Waals surface area contributed by atoms with Gasteiger partial charge in [0.15, 0.2) is 11.3 Å². The van der Waals surface area contributed by atoms with Gasteiger partial charge in [0.05, 0.1) is 13.7 Å². The lowest BCUT2D eigenvalue weighted by Crippen LogP contribution is -2.35. The van der Waals surface area contributed by atoms with Crippen molar-refractivity contribution in [1.82, 2.24) is 0 Å². The number of hydrogen-bond donors (Lipinski definition) is 0. The van der Waals surface area contributed by atoms with Gasteiger partial charge in [-0.1, -0.05) is 137 Å². The molecule has 0 aromatic heterocycles. The van der Waals surface area contributed by atoms with Crippen LogP contribution in [0.3, 0.4) is 0 Å². The number of benzene rings is 7. The van der Waals surface area contributed by atoms with Crippen molar-refractivity contribution >= 4 is 33.3 Å². The monoisotopic (exact) mass is 699 g/mol. The van der Waals surface area contributed by atoms with Crippen LogP contribution in [0.2, 0.25) is 0 Å². The Hall–Kier alpha value is -6.11. The third-order valence-electron chi connectivity index (χ3n) is 13.0. The van der Waals surface area contributed by atoms with E-state index in [0.717, 1.165) is 46.4 Å². The molecule has 0 radical (unpaired) electrons. The molecular weight excluding hydrogens is 659 g/mol. The van der Waals surface area contributed by atoms with Crippen LogP contribution in [0.25, 0.3) is 54.7 Å². The minimum Gasteiger partial charge on any atom is -0.497 e. The lowest BCUT2D eigenvalue weighted by molar-refractivity contribution is 0.163. The summed E-state index contributed by atoms with van der Waals surface area (Å²) in [5, 5.41) is 4.86. The maximum atomic E-state index is 7.86. The highest BCUT2D eigenvalue weighted by Crippen LogP contribution is 2.61. The minimum atomic E-state index is -0.915. The Morgan fingerprint density at radius 1 is 0.667 bits per heavy atom. The van der Waals surface area contributed by atoms with Crippen LogP contribution in [0, 0.1) is 6.57 Å². The molecule has 1 atom stereocenters. The zero-order valence-electron chi connectivity index (χ0n) is 31.4. The predicted octanol–water partition coefficient (Wildman–Crippen LogP) is 13.3. The van der Waals surface area contributed by atoms with E-state index in [1.807, 2.05) is 18.2 Å². The summed E-state index contributed by atoms with van der Waals surface area (Å²) in [4.78, 5) is 3.86. The van der Waals surface area contributed by atoms with Crippen molar-refractivity contribution in [2.45, 2.75) is 57.0 Å². The molecule has 10 rings (SSSR count). The highest BCUT2D eigenvalue weighted by molar-refractivity contribution is 6.09. The van der Waals surface area contributed by atoms with Gasteiger partial charge in [0.25, 0.3) is 0 Å². The van der Waals surface area contributed by atoms with Gasteiger partial charge in [0, 0.05) is 32.9 Å². The molecule has 1 unspecified atom stereocenters. The summed E-state index contributed by atoms with van der Waals surface area (Å²) >= 11 is 0. The number of fused-ring (bicyclic) bond motifs is 13. The van der Waals surface area contributed by atoms with Crippen molar-refractivity contribution < 1.29 is 9.47 Å². The fourth-order valence-corrected chi connectivity index (χ4v) is 10.4. The standard InChI is InChI=1S/C51H41NO2/c1-7-50(8-2)44-30-34(52-5)21-26-41(44)45-38-15-11-12-16-40(38)48-42(47(45)50)27-28-51(54-48,32-18-22-35(53-6)23-19-32)33-20-25-37-39-24-17-31-13-9-10-14-36(31)46(39)49(3,4)43(37)29-33/h9-30H,7-8H2,1-4,6H3. The van der Waals surface area contributed by atoms with Crippen LogP contribution in [0.4, 0.5) is 5.69 Å². The molecule has 262 valence electrons. The first-order valence-corrected chi connectivity index (χ1v) is 19.1. The van der Waals surface area contributed by atoms with Crippen molar-refractivity contribution in [3.05, 3.63) is 178 Å². The Balaban J connectivity index is 1.24. The quantitative estimate of drug-likeness (QED) is 0.167. The molecule has 3 nitrogen and oxygen atoms in total. The molecule has 54 heavy (non-hydrogen) atoms. The zero-order chi connectivity index (χ0) is 37.0. The Morgan fingerprint density at radius 3 is 2.09 bits per heavy atom. The Labute approximate surface area is 317 Å². The third-order valence-corrected chi connectivity index (χ3v) is 13.0. The molecule has 0 amide bonds. The molecule has 1 heterocycles. The zero-order valence-corrected chi connectivity index (χ0v) is 31.4. The van der Waals surface area contributed by atoms with Crippen LogP contribution in [-0.2, 0) is 16.4 Å². The first-order valence-electron chi connectivity index (χ1n) is 19.1. The van der Waals surface area contributed by atoms with Crippen molar-refractivity contribution in [2.75, 3.05) is 7.11 Å². The molecule has 0 saturated heterocycles. The molecule has 1 aliphatic heterocycles. The van der Waals surface area contributed by atoms with Gasteiger partial charge in [-0.05, 0) is 97.8 Å². The summed E-state index contributed by atoms with van der Waals surface area (Å²) in [6, 6.07) is 43.7. The lowest BCUT2D eigenvalue weighted by Gasteiger charge is -2.40. The average Bonchev–Trinajstić information content (AvgIpc) is 3.65. The molecule has 0 N–H and O–H groups in total. The van der Waals surface area contributed by atoms with Crippen LogP contribution in [0.5, 0.6) is 11.5 Å². The van der Waals surface area contributed by atoms with E-state index >= 15 is 0 Å². The van der Waals surface area contributed by atoms with E-state index in [9.17, 15) is 0 Å². The first-order chi connectivity index (χ1) is 26.3. The second-order valence-electron chi connectivity index (χ2n) is 15.7. The van der Waals surface area contributed by atoms with Crippen LogP contribution >= 0.6 is 0 Å². The molecule has 0 spiro atoms. The Bertz CT molecular complexity index is 2790. The lowest BCUT2D eigenvalue weighted by atomic mass is 9.71. The smallest absolute Gasteiger partial charge is 0.187 e. The first kappa shape index (κ1) is 32.5. The third kappa shape index (κ3) is 4.12. The molecule has 0 saturated carbocycles. The number of methoxy groups -OCH3 is 1. The molecular formula is C51H41NO2. The minimum absolute atomic E-state index is 0.218. The molecule has 0 fully saturated rings. The van der Waals surface area contributed by atoms with Crippen molar-refractivity contribution in [1.29, 1.82) is 0 Å². The van der Waals surface area contributed by atoms with Crippen LogP contribution in [0.15, 0.2) is 127 Å². The SMILES string of the molecule is [C-]#[N+]c1ccc2c(c1)C(CC)(CC)c1c3c(c4ccccc4c1-2)OC(c1ccc(OC)cc1)(c1ccc2c(c1)C(C)(C)c1c-2ccc2ccccc12)C=C3. The van der Waals surface area contributed by atoms with E-state index in [2.05, 4.69) is 148 Å². The van der Waals surface area contributed by atoms with Gasteiger partial charge in [-0.2, -0.15) is 0 Å². The van der Waals surface area contributed by atoms with E-state index in [0.29, 0.717) is 5.69 Å². The molecule has 3 aliphatic rings. The van der Waals surface area contributed by atoms with Gasteiger partial charge >= 0.3 is 0 Å². The Kier molecular flexibility index (Phi) is 6.89. The van der Waals surface area contributed by atoms with E-state index in [1.54, 1.807) is 7.11 Å². The van der Waals surface area contributed by atoms with E-state index in [-0.39, 0.29) is 10.8 Å². The summed E-state index contributed by atoms with van der Waals surface area (Å²) in [7, 11) is 1.71. The highest BCUT2D eigenvalue weighted by Gasteiger charge is 2.47. The van der Waals surface area contributed by atoms with Crippen molar-refractivity contribution in [2.24, 2.45) is 0 Å². The summed E-state index contributed by atoms with van der Waals surface area (Å²) in [6.07, 6.45) is 6.48. The van der Waals surface area contributed by atoms with Crippen molar-refractivity contribution in [3.8, 4) is 33.8 Å². The number of ether oxygens (including phenoxy) is 2. The van der Waals surface area contributed by atoms with Gasteiger partial charge < -0.3 is 9.47 Å². The normalized spacial score (nSPS) is 17.9. The molecule has 2 aliphatic carbocycles. The van der Waals surface area contributed by atoms with Crippen LogP contribution in [0.1, 0.15) is 79.5 Å². The van der Waals surface area contributed by atoms with Gasteiger partial charge in [-0.25, -0.2) is 4.85 Å². The van der Waals surface area contributed by atoms with Crippen LogP contribution in [-0.4, -0.2) is 7.11 Å². The van der Waals surface area contributed by atoms with Gasteiger partial charge in [0.1, 0.15) is 11.5 Å². The van der Waals surface area contributed by atoms with E-state index in [1.165, 1.54) is 60.7 Å². The summed E-state index contributed by atoms with van der Waals surface area (Å²) in [6.45, 7) is 17.2. The predicted molar refractivity (Wildman–Crippen MR) is 222 cm³/mol.